The second kappa shape index (κ2) is 14.2. The Hall–Kier alpha value is -5.24. The number of amides is 1. The van der Waals surface area contributed by atoms with Crippen LogP contribution in [-0.2, 0) is 16.0 Å². The van der Waals surface area contributed by atoms with Gasteiger partial charge in [0.1, 0.15) is 5.58 Å². The molecule has 1 aromatic heterocycles. The van der Waals surface area contributed by atoms with E-state index in [1.54, 1.807) is 12.1 Å². The lowest BCUT2D eigenvalue weighted by Crippen LogP contribution is -2.27. The van der Waals surface area contributed by atoms with Crippen LogP contribution in [0.5, 0.6) is 0 Å². The Morgan fingerprint density at radius 2 is 1.54 bits per heavy atom. The van der Waals surface area contributed by atoms with Crippen LogP contribution in [-0.4, -0.2) is 42.4 Å². The number of aryl methyl sites for hydroxylation is 1. The number of Topliss-reactive ketones (excluding diaryl/α,β-unsaturated/α-hetero) is 1. The zero-order chi connectivity index (χ0) is 32.8. The van der Waals surface area contributed by atoms with Gasteiger partial charge in [-0.1, -0.05) is 69.3 Å². The maximum atomic E-state index is 13.1. The van der Waals surface area contributed by atoms with Gasteiger partial charge in [-0.05, 0) is 71.9 Å². The summed E-state index contributed by atoms with van der Waals surface area (Å²) in [5, 5.41) is 10.4. The van der Waals surface area contributed by atoms with E-state index in [1.807, 2.05) is 55.5 Å². The molecule has 5 rings (SSSR count). The fourth-order valence-electron chi connectivity index (χ4n) is 5.86. The smallest absolute Gasteiger partial charge is 0.343 e. The molecule has 2 heterocycles. The van der Waals surface area contributed by atoms with E-state index in [1.165, 1.54) is 17.0 Å². The molecule has 0 radical (unpaired) electrons. The molecule has 1 aliphatic rings. The first-order valence-corrected chi connectivity index (χ1v) is 15.8. The average Bonchev–Trinajstić information content (AvgIpc) is 3.39. The van der Waals surface area contributed by atoms with Gasteiger partial charge in [0.25, 0.3) is 5.91 Å². The van der Waals surface area contributed by atoms with Crippen LogP contribution in [0.1, 0.15) is 78.2 Å². The number of carbonyl (C=O) groups excluding carboxylic acids is 2. The van der Waals surface area contributed by atoms with Crippen molar-refractivity contribution in [3.05, 3.63) is 104 Å². The number of nitrogens with zero attached hydrogens (tertiary/aromatic N) is 2. The minimum Gasteiger partial charge on any atom is -0.478 e. The Bertz CT molecular complexity index is 1900. The van der Waals surface area contributed by atoms with Crippen LogP contribution in [0.15, 0.2) is 69.9 Å². The van der Waals surface area contributed by atoms with E-state index in [0.29, 0.717) is 28.8 Å². The van der Waals surface area contributed by atoms with Gasteiger partial charge in [-0.3, -0.25) is 9.59 Å². The molecule has 1 aliphatic heterocycles. The second-order valence-corrected chi connectivity index (χ2v) is 11.3. The highest BCUT2D eigenvalue weighted by Crippen LogP contribution is 2.29. The Kier molecular flexibility index (Phi) is 9.96. The fourth-order valence-corrected chi connectivity index (χ4v) is 5.86. The lowest BCUT2D eigenvalue weighted by Gasteiger charge is -2.24. The van der Waals surface area contributed by atoms with Gasteiger partial charge in [-0.15, -0.1) is 0 Å². The average molecular weight is 619 g/mol. The van der Waals surface area contributed by atoms with E-state index in [4.69, 9.17) is 4.42 Å². The van der Waals surface area contributed by atoms with Crippen LogP contribution in [0.3, 0.4) is 0 Å². The van der Waals surface area contributed by atoms with E-state index in [0.717, 1.165) is 53.7 Å². The molecule has 0 saturated carbocycles. The largest absolute Gasteiger partial charge is 0.478 e. The Balaban J connectivity index is 1.38. The lowest BCUT2D eigenvalue weighted by atomic mass is 10.0. The molecule has 1 fully saturated rings. The fraction of sp³-hybridized carbons (Fsp3) is 0.263. The van der Waals surface area contributed by atoms with Crippen LogP contribution < -0.4 is 15.4 Å². The van der Waals surface area contributed by atoms with Crippen LogP contribution in [0.25, 0.3) is 35.3 Å². The number of rotatable bonds is 12. The van der Waals surface area contributed by atoms with Crippen molar-refractivity contribution in [2.24, 2.45) is 0 Å². The molecule has 8 heteroatoms. The molecule has 3 aromatic carbocycles. The second-order valence-electron chi connectivity index (χ2n) is 11.3. The van der Waals surface area contributed by atoms with Crippen molar-refractivity contribution in [1.29, 1.82) is 0 Å². The third-order valence-electron chi connectivity index (χ3n) is 8.19. The zero-order valence-corrected chi connectivity index (χ0v) is 26.4. The van der Waals surface area contributed by atoms with Gasteiger partial charge in [0, 0.05) is 43.2 Å². The van der Waals surface area contributed by atoms with E-state index in [2.05, 4.69) is 30.9 Å². The van der Waals surface area contributed by atoms with Gasteiger partial charge in [0.2, 0.25) is 5.78 Å². The number of benzene rings is 3. The van der Waals surface area contributed by atoms with Crippen molar-refractivity contribution in [2.45, 2.75) is 46.5 Å². The summed E-state index contributed by atoms with van der Waals surface area (Å²) in [6.45, 7) is 8.47. The van der Waals surface area contributed by atoms with Gasteiger partial charge in [-0.25, -0.2) is 9.59 Å². The summed E-state index contributed by atoms with van der Waals surface area (Å²) < 4.78 is 5.83. The summed E-state index contributed by atoms with van der Waals surface area (Å²) in [5.74, 6) is -2.22. The summed E-state index contributed by atoms with van der Waals surface area (Å²) in [6.07, 6.45) is 10.2. The third kappa shape index (κ3) is 6.86. The number of hydrogen-bond donors (Lipinski definition) is 1. The molecular formula is C38H38N2O6. The molecule has 1 saturated heterocycles. The number of anilines is 2. The van der Waals surface area contributed by atoms with Gasteiger partial charge in [0.05, 0.1) is 16.8 Å². The topological polar surface area (TPSA) is 108 Å². The molecule has 236 valence electrons. The lowest BCUT2D eigenvalue weighted by molar-refractivity contribution is -0.133. The van der Waals surface area contributed by atoms with Crippen LogP contribution in [0, 0.1) is 0 Å². The third-order valence-corrected chi connectivity index (χ3v) is 8.19. The zero-order valence-electron chi connectivity index (χ0n) is 26.4. The van der Waals surface area contributed by atoms with Crippen molar-refractivity contribution < 1.29 is 23.9 Å². The quantitative estimate of drug-likeness (QED) is 0.101. The van der Waals surface area contributed by atoms with Gasteiger partial charge in [0.15, 0.2) is 0 Å². The number of hydrogen-bond acceptors (Lipinski definition) is 6. The monoisotopic (exact) mass is 618 g/mol. The highest BCUT2D eigenvalue weighted by molar-refractivity contribution is 6.43. The molecule has 8 nitrogen and oxygen atoms in total. The molecule has 0 bridgehead atoms. The standard InChI is InChI=1S/C38H38N2O6/c1-4-20-39(21-5-2)29-16-18-31-30(6-3)32(38(45)46-35(31)24-29)17-12-26-9-7-25(8-10-26)11-13-27-14-15-28(37(43)44)23-33(27)40-22-19-34(41)36(40)42/h7-18,23-24H,4-6,19-22H2,1-3H3,(H,43,44)/b13-11+,17-12+. The molecule has 0 spiro atoms. The number of fused-ring (bicyclic) bond motifs is 1. The molecule has 4 aromatic rings. The summed E-state index contributed by atoms with van der Waals surface area (Å²) in [4.78, 5) is 52.6. The van der Waals surface area contributed by atoms with Gasteiger partial charge < -0.3 is 19.3 Å². The van der Waals surface area contributed by atoms with E-state index >= 15 is 0 Å². The van der Waals surface area contributed by atoms with Crippen molar-refractivity contribution >= 4 is 64.3 Å². The van der Waals surface area contributed by atoms with E-state index < -0.39 is 17.7 Å². The van der Waals surface area contributed by atoms with Crippen LogP contribution in [0.2, 0.25) is 0 Å². The molecule has 1 N–H and O–H groups in total. The summed E-state index contributed by atoms with van der Waals surface area (Å²) in [5.41, 5.74) is 5.63. The molecule has 1 amide bonds. The minimum absolute atomic E-state index is 0.0393. The normalized spacial score (nSPS) is 13.5. The number of ketones is 1. The first-order valence-electron chi connectivity index (χ1n) is 15.8. The Morgan fingerprint density at radius 3 is 2.13 bits per heavy atom. The van der Waals surface area contributed by atoms with E-state index in [9.17, 15) is 24.3 Å². The van der Waals surface area contributed by atoms with Crippen LogP contribution in [0.4, 0.5) is 11.4 Å². The summed E-state index contributed by atoms with van der Waals surface area (Å²) in [7, 11) is 0. The predicted molar refractivity (Wildman–Crippen MR) is 184 cm³/mol. The Morgan fingerprint density at radius 1 is 0.870 bits per heavy atom. The predicted octanol–water partition coefficient (Wildman–Crippen LogP) is 7.33. The SMILES string of the molecule is CCCN(CCC)c1ccc2c(CC)c(/C=C/c3ccc(/C=C/c4ccc(C(=O)O)cc4N4CCC(=O)C4=O)cc3)c(=O)oc2c1. The number of carboxylic acids is 1. The maximum absolute atomic E-state index is 13.1. The van der Waals surface area contributed by atoms with Gasteiger partial charge in [-0.2, -0.15) is 0 Å². The molecule has 0 unspecified atom stereocenters. The van der Waals surface area contributed by atoms with Gasteiger partial charge >= 0.3 is 11.6 Å². The highest BCUT2D eigenvalue weighted by Gasteiger charge is 2.31. The molecule has 0 atom stereocenters. The Labute approximate surface area is 268 Å². The molecular weight excluding hydrogens is 580 g/mol. The first-order chi connectivity index (χ1) is 22.2. The van der Waals surface area contributed by atoms with Crippen molar-refractivity contribution in [1.82, 2.24) is 0 Å². The molecule has 46 heavy (non-hydrogen) atoms. The first kappa shape index (κ1) is 32.2. The van der Waals surface area contributed by atoms with Crippen molar-refractivity contribution in [2.75, 3.05) is 29.4 Å². The minimum atomic E-state index is -1.11. The summed E-state index contributed by atoms with van der Waals surface area (Å²) in [6, 6.07) is 18.4. The van der Waals surface area contributed by atoms with Crippen LogP contribution >= 0.6 is 0 Å². The maximum Gasteiger partial charge on any atom is 0.343 e. The highest BCUT2D eigenvalue weighted by atomic mass is 16.4. The molecule has 0 aliphatic carbocycles. The number of aromatic carboxylic acids is 1. The van der Waals surface area contributed by atoms with Crippen molar-refractivity contribution in [3.8, 4) is 0 Å². The number of carboxylic acid groups (broad SMARTS) is 1. The van der Waals surface area contributed by atoms with Crippen molar-refractivity contribution in [3.63, 3.8) is 0 Å². The van der Waals surface area contributed by atoms with E-state index in [-0.39, 0.29) is 24.2 Å². The summed E-state index contributed by atoms with van der Waals surface area (Å²) >= 11 is 0. The number of carbonyl (C=O) groups is 3.